The SMILES string of the molecule is Nc1ccccc1OCCC(=O)OCC(=O)NC1CC1. The predicted octanol–water partition coefficient (Wildman–Crippen LogP) is 0.859. The van der Waals surface area contributed by atoms with Crippen LogP contribution in [0.2, 0.25) is 0 Å². The Bertz CT molecular complexity index is 486. The van der Waals surface area contributed by atoms with Crippen LogP contribution in [0.3, 0.4) is 0 Å². The Hall–Kier alpha value is -2.24. The summed E-state index contributed by atoms with van der Waals surface area (Å²) >= 11 is 0. The normalized spacial score (nSPS) is 13.6. The maximum absolute atomic E-state index is 11.4. The maximum atomic E-state index is 11.4. The third-order valence-corrected chi connectivity index (χ3v) is 2.79. The number of rotatable bonds is 7. The zero-order chi connectivity index (χ0) is 14.4. The van der Waals surface area contributed by atoms with Crippen molar-refractivity contribution in [1.82, 2.24) is 5.32 Å². The molecule has 1 saturated carbocycles. The fourth-order valence-corrected chi connectivity index (χ4v) is 1.57. The second kappa shape index (κ2) is 6.79. The second-order valence-electron chi connectivity index (χ2n) is 4.64. The highest BCUT2D eigenvalue weighted by Crippen LogP contribution is 2.20. The van der Waals surface area contributed by atoms with Crippen LogP contribution in [0, 0.1) is 0 Å². The van der Waals surface area contributed by atoms with Gasteiger partial charge < -0.3 is 20.5 Å². The molecule has 1 aromatic carbocycles. The van der Waals surface area contributed by atoms with Gasteiger partial charge in [-0.3, -0.25) is 9.59 Å². The number of nitrogens with one attached hydrogen (secondary N) is 1. The van der Waals surface area contributed by atoms with Crippen LogP contribution in [0.15, 0.2) is 24.3 Å². The van der Waals surface area contributed by atoms with E-state index in [2.05, 4.69) is 5.32 Å². The summed E-state index contributed by atoms with van der Waals surface area (Å²) in [5.74, 6) is -0.189. The average Bonchev–Trinajstić information content (AvgIpc) is 3.22. The summed E-state index contributed by atoms with van der Waals surface area (Å²) in [6.45, 7) is -0.0693. The lowest BCUT2D eigenvalue weighted by molar-refractivity contribution is -0.149. The molecule has 6 heteroatoms. The summed E-state index contributed by atoms with van der Waals surface area (Å²) in [6.07, 6.45) is 2.09. The summed E-state index contributed by atoms with van der Waals surface area (Å²) in [4.78, 5) is 22.7. The lowest BCUT2D eigenvalue weighted by atomic mass is 10.3. The molecule has 1 aliphatic carbocycles. The third kappa shape index (κ3) is 4.79. The minimum Gasteiger partial charge on any atom is -0.491 e. The highest BCUT2D eigenvalue weighted by Gasteiger charge is 2.23. The van der Waals surface area contributed by atoms with Crippen LogP contribution in [-0.4, -0.2) is 31.1 Å². The van der Waals surface area contributed by atoms with Crippen LogP contribution in [0.25, 0.3) is 0 Å². The van der Waals surface area contributed by atoms with E-state index in [-0.39, 0.29) is 31.6 Å². The minimum absolute atomic E-state index is 0.0744. The van der Waals surface area contributed by atoms with Crippen molar-refractivity contribution in [1.29, 1.82) is 0 Å². The van der Waals surface area contributed by atoms with E-state index in [1.54, 1.807) is 24.3 Å². The largest absolute Gasteiger partial charge is 0.491 e. The van der Waals surface area contributed by atoms with Crippen LogP contribution in [0.4, 0.5) is 5.69 Å². The Kier molecular flexibility index (Phi) is 4.81. The van der Waals surface area contributed by atoms with E-state index in [1.807, 2.05) is 0 Å². The summed E-state index contributed by atoms with van der Waals surface area (Å²) in [5, 5.41) is 2.73. The van der Waals surface area contributed by atoms with Crippen molar-refractivity contribution >= 4 is 17.6 Å². The summed E-state index contributed by atoms with van der Waals surface area (Å²) < 4.78 is 10.2. The molecule has 6 nitrogen and oxygen atoms in total. The number of carbonyl (C=O) groups is 2. The van der Waals surface area contributed by atoms with Crippen LogP contribution in [0.1, 0.15) is 19.3 Å². The highest BCUT2D eigenvalue weighted by molar-refractivity contribution is 5.80. The number of benzene rings is 1. The van der Waals surface area contributed by atoms with E-state index in [4.69, 9.17) is 15.2 Å². The molecule has 0 heterocycles. The molecule has 1 aliphatic rings. The van der Waals surface area contributed by atoms with E-state index >= 15 is 0 Å². The second-order valence-corrected chi connectivity index (χ2v) is 4.64. The van der Waals surface area contributed by atoms with Crippen LogP contribution in [-0.2, 0) is 14.3 Å². The van der Waals surface area contributed by atoms with Gasteiger partial charge >= 0.3 is 5.97 Å². The van der Waals surface area contributed by atoms with E-state index in [0.29, 0.717) is 11.4 Å². The Balaban J connectivity index is 1.60. The minimum atomic E-state index is -0.467. The molecule has 0 bridgehead atoms. The molecule has 3 N–H and O–H groups in total. The van der Waals surface area contributed by atoms with Gasteiger partial charge in [0.25, 0.3) is 5.91 Å². The van der Waals surface area contributed by atoms with Crippen LogP contribution >= 0.6 is 0 Å². The first kappa shape index (κ1) is 14.2. The molecule has 1 amide bonds. The first-order valence-electron chi connectivity index (χ1n) is 6.57. The molecule has 0 atom stereocenters. The molecule has 1 fully saturated rings. The molecular formula is C14H18N2O4. The van der Waals surface area contributed by atoms with E-state index < -0.39 is 5.97 Å². The van der Waals surface area contributed by atoms with Gasteiger partial charge in [0.1, 0.15) is 5.75 Å². The number of esters is 1. The number of ether oxygens (including phenoxy) is 2. The van der Waals surface area contributed by atoms with Crippen LogP contribution < -0.4 is 15.8 Å². The van der Waals surface area contributed by atoms with Gasteiger partial charge in [0, 0.05) is 6.04 Å². The number of hydrogen-bond acceptors (Lipinski definition) is 5. The molecule has 0 spiro atoms. The average molecular weight is 278 g/mol. The van der Waals surface area contributed by atoms with E-state index in [9.17, 15) is 9.59 Å². The Morgan fingerprint density at radius 1 is 1.30 bits per heavy atom. The number of nitrogens with two attached hydrogens (primary N) is 1. The number of para-hydroxylation sites is 2. The Morgan fingerprint density at radius 2 is 2.05 bits per heavy atom. The standard InChI is InChI=1S/C14H18N2O4/c15-11-3-1-2-4-12(11)19-8-7-14(18)20-9-13(17)16-10-5-6-10/h1-4,10H,5-9,15H2,(H,16,17). The quantitative estimate of drug-likeness (QED) is 0.570. The predicted molar refractivity (Wildman–Crippen MR) is 73.1 cm³/mol. The topological polar surface area (TPSA) is 90.7 Å². The molecule has 1 aromatic rings. The molecule has 0 unspecified atom stereocenters. The van der Waals surface area contributed by atoms with E-state index in [1.165, 1.54) is 0 Å². The fourth-order valence-electron chi connectivity index (χ4n) is 1.57. The van der Waals surface area contributed by atoms with Crippen molar-refractivity contribution < 1.29 is 19.1 Å². The van der Waals surface area contributed by atoms with E-state index in [0.717, 1.165) is 12.8 Å². The molecular weight excluding hydrogens is 260 g/mol. The zero-order valence-corrected chi connectivity index (χ0v) is 11.1. The highest BCUT2D eigenvalue weighted by atomic mass is 16.5. The van der Waals surface area contributed by atoms with Crippen molar-refractivity contribution in [2.75, 3.05) is 18.9 Å². The molecule has 0 saturated heterocycles. The lowest BCUT2D eigenvalue weighted by Gasteiger charge is -2.08. The van der Waals surface area contributed by atoms with Crippen molar-refractivity contribution in [3.8, 4) is 5.75 Å². The molecule has 108 valence electrons. The number of amides is 1. The molecule has 2 rings (SSSR count). The molecule has 0 aromatic heterocycles. The van der Waals surface area contributed by atoms with Crippen molar-refractivity contribution in [3.63, 3.8) is 0 Å². The molecule has 0 radical (unpaired) electrons. The summed E-state index contributed by atoms with van der Waals surface area (Å²) in [5.41, 5.74) is 6.21. The fraction of sp³-hybridized carbons (Fsp3) is 0.429. The van der Waals surface area contributed by atoms with Gasteiger partial charge in [-0.2, -0.15) is 0 Å². The first-order chi connectivity index (χ1) is 9.65. The number of nitrogen functional groups attached to an aromatic ring is 1. The van der Waals surface area contributed by atoms with Crippen molar-refractivity contribution in [2.45, 2.75) is 25.3 Å². The van der Waals surface area contributed by atoms with Crippen molar-refractivity contribution in [2.24, 2.45) is 0 Å². The van der Waals surface area contributed by atoms with Gasteiger partial charge in [-0.05, 0) is 25.0 Å². The monoisotopic (exact) mass is 278 g/mol. The first-order valence-corrected chi connectivity index (χ1v) is 6.57. The Labute approximate surface area is 117 Å². The van der Waals surface area contributed by atoms with Gasteiger partial charge in [-0.15, -0.1) is 0 Å². The van der Waals surface area contributed by atoms with Gasteiger partial charge in [-0.25, -0.2) is 0 Å². The van der Waals surface area contributed by atoms with Gasteiger partial charge in [0.2, 0.25) is 0 Å². The van der Waals surface area contributed by atoms with Crippen molar-refractivity contribution in [3.05, 3.63) is 24.3 Å². The molecule has 20 heavy (non-hydrogen) atoms. The zero-order valence-electron chi connectivity index (χ0n) is 11.1. The van der Waals surface area contributed by atoms with Gasteiger partial charge in [-0.1, -0.05) is 12.1 Å². The van der Waals surface area contributed by atoms with Crippen LogP contribution in [0.5, 0.6) is 5.75 Å². The van der Waals surface area contributed by atoms with Gasteiger partial charge in [0.05, 0.1) is 18.7 Å². The number of anilines is 1. The summed E-state index contributed by atoms with van der Waals surface area (Å²) in [7, 11) is 0. The number of carbonyl (C=O) groups excluding carboxylic acids is 2. The molecule has 0 aliphatic heterocycles. The smallest absolute Gasteiger partial charge is 0.309 e. The van der Waals surface area contributed by atoms with Gasteiger partial charge in [0.15, 0.2) is 6.61 Å². The maximum Gasteiger partial charge on any atom is 0.309 e. The lowest BCUT2D eigenvalue weighted by Crippen LogP contribution is -2.30. The number of hydrogen-bond donors (Lipinski definition) is 2. The summed E-state index contributed by atoms with van der Waals surface area (Å²) in [6, 6.07) is 7.31. The third-order valence-electron chi connectivity index (χ3n) is 2.79. The Morgan fingerprint density at radius 3 is 2.75 bits per heavy atom.